The second-order valence-corrected chi connectivity index (χ2v) is 5.77. The minimum Gasteiger partial charge on any atom is -0.497 e. The highest BCUT2D eigenvalue weighted by Gasteiger charge is 2.16. The third kappa shape index (κ3) is 3.74. The van der Waals surface area contributed by atoms with Gasteiger partial charge in [-0.2, -0.15) is 0 Å². The average molecular weight is 309 g/mol. The predicted molar refractivity (Wildman–Crippen MR) is 93.9 cm³/mol. The number of benzene rings is 2. The molecule has 3 rings (SSSR count). The van der Waals surface area contributed by atoms with Gasteiger partial charge in [0.2, 0.25) is 0 Å². The molecule has 2 aromatic carbocycles. The lowest BCUT2D eigenvalue weighted by Crippen LogP contribution is -2.28. The van der Waals surface area contributed by atoms with E-state index < -0.39 is 0 Å². The molecule has 0 radical (unpaired) electrons. The van der Waals surface area contributed by atoms with E-state index in [1.807, 2.05) is 12.1 Å². The first-order valence-corrected chi connectivity index (χ1v) is 7.98. The highest BCUT2D eigenvalue weighted by Crippen LogP contribution is 2.33. The zero-order valence-corrected chi connectivity index (χ0v) is 13.8. The summed E-state index contributed by atoms with van der Waals surface area (Å²) in [5, 5.41) is 0. The van der Waals surface area contributed by atoms with Gasteiger partial charge in [0.05, 0.1) is 14.2 Å². The van der Waals surface area contributed by atoms with Gasteiger partial charge in [0.1, 0.15) is 11.5 Å². The average Bonchev–Trinajstić information content (AvgIpc) is 2.62. The number of hydrogen-bond acceptors (Lipinski definition) is 3. The first-order valence-electron chi connectivity index (χ1n) is 7.98. The minimum absolute atomic E-state index is 0.869. The maximum atomic E-state index is 5.51. The smallest absolute Gasteiger partial charge is 0.126 e. The molecule has 0 unspecified atom stereocenters. The van der Waals surface area contributed by atoms with Crippen molar-refractivity contribution in [3.63, 3.8) is 0 Å². The van der Waals surface area contributed by atoms with Crippen molar-refractivity contribution in [3.8, 4) is 11.5 Å². The van der Waals surface area contributed by atoms with Crippen molar-refractivity contribution in [3.05, 3.63) is 65.7 Å². The summed E-state index contributed by atoms with van der Waals surface area (Å²) >= 11 is 0. The lowest BCUT2D eigenvalue weighted by atomic mass is 9.98. The molecule has 0 bridgehead atoms. The first kappa shape index (κ1) is 15.6. The summed E-state index contributed by atoms with van der Waals surface area (Å²) in [5.41, 5.74) is 3.85. The normalized spacial score (nSPS) is 15.1. The van der Waals surface area contributed by atoms with Crippen molar-refractivity contribution in [1.82, 2.24) is 4.90 Å². The fraction of sp³-hybridized carbons (Fsp3) is 0.300. The van der Waals surface area contributed by atoms with E-state index >= 15 is 0 Å². The molecule has 23 heavy (non-hydrogen) atoms. The molecule has 0 aromatic heterocycles. The second-order valence-electron chi connectivity index (χ2n) is 5.77. The standard InChI is InChI=1S/C20H23NO2/c1-22-18-8-9-20(23-2)19(14-18)17-10-12-21(13-11-17)15-16-6-4-3-5-7-16/h3-10,14H,11-13,15H2,1-2H3. The third-order valence-corrected chi connectivity index (χ3v) is 4.29. The molecule has 1 aliphatic heterocycles. The Morgan fingerprint density at radius 2 is 1.83 bits per heavy atom. The van der Waals surface area contributed by atoms with E-state index in [-0.39, 0.29) is 0 Å². The molecule has 2 aromatic rings. The summed E-state index contributed by atoms with van der Waals surface area (Å²) in [7, 11) is 3.42. The molecule has 0 saturated heterocycles. The second kappa shape index (κ2) is 7.34. The van der Waals surface area contributed by atoms with Crippen molar-refractivity contribution < 1.29 is 9.47 Å². The minimum atomic E-state index is 0.869. The molecule has 1 heterocycles. The molecule has 120 valence electrons. The number of ether oxygens (including phenoxy) is 2. The lowest BCUT2D eigenvalue weighted by Gasteiger charge is -2.27. The van der Waals surface area contributed by atoms with Crippen LogP contribution in [-0.4, -0.2) is 32.2 Å². The molecule has 0 saturated carbocycles. The number of rotatable bonds is 5. The Morgan fingerprint density at radius 3 is 2.48 bits per heavy atom. The number of nitrogens with zero attached hydrogens (tertiary/aromatic N) is 1. The summed E-state index contributed by atoms with van der Waals surface area (Å²) in [5.74, 6) is 1.78. The maximum absolute atomic E-state index is 5.51. The molecule has 1 aliphatic rings. The summed E-state index contributed by atoms with van der Waals surface area (Å²) in [4.78, 5) is 2.46. The van der Waals surface area contributed by atoms with Gasteiger partial charge in [-0.05, 0) is 35.8 Å². The van der Waals surface area contributed by atoms with Crippen LogP contribution >= 0.6 is 0 Å². The lowest BCUT2D eigenvalue weighted by molar-refractivity contribution is 0.293. The number of hydrogen-bond donors (Lipinski definition) is 0. The van der Waals surface area contributed by atoms with Crippen LogP contribution in [0.1, 0.15) is 17.5 Å². The summed E-state index contributed by atoms with van der Waals surface area (Å²) < 4.78 is 10.9. The van der Waals surface area contributed by atoms with Crippen LogP contribution in [0.3, 0.4) is 0 Å². The number of methoxy groups -OCH3 is 2. The van der Waals surface area contributed by atoms with E-state index in [9.17, 15) is 0 Å². The van der Waals surface area contributed by atoms with E-state index in [0.29, 0.717) is 0 Å². The van der Waals surface area contributed by atoms with Gasteiger partial charge < -0.3 is 9.47 Å². The molecular weight excluding hydrogens is 286 g/mol. The van der Waals surface area contributed by atoms with Gasteiger partial charge in [0, 0.05) is 25.2 Å². The van der Waals surface area contributed by atoms with Crippen molar-refractivity contribution in [2.75, 3.05) is 27.3 Å². The Labute approximate surface area is 138 Å². The van der Waals surface area contributed by atoms with Gasteiger partial charge in [-0.25, -0.2) is 0 Å². The predicted octanol–water partition coefficient (Wildman–Crippen LogP) is 3.99. The van der Waals surface area contributed by atoms with Crippen LogP contribution in [0, 0.1) is 0 Å². The van der Waals surface area contributed by atoms with Crippen LogP contribution in [0.25, 0.3) is 5.57 Å². The van der Waals surface area contributed by atoms with Crippen LogP contribution < -0.4 is 9.47 Å². The van der Waals surface area contributed by atoms with E-state index in [4.69, 9.17) is 9.47 Å². The van der Waals surface area contributed by atoms with E-state index in [2.05, 4.69) is 47.4 Å². The topological polar surface area (TPSA) is 21.7 Å². The van der Waals surface area contributed by atoms with Gasteiger partial charge in [0.25, 0.3) is 0 Å². The fourth-order valence-electron chi connectivity index (χ4n) is 3.01. The molecule has 0 amide bonds. The molecule has 0 N–H and O–H groups in total. The Morgan fingerprint density at radius 1 is 1.00 bits per heavy atom. The first-order chi connectivity index (χ1) is 11.3. The monoisotopic (exact) mass is 309 g/mol. The van der Waals surface area contributed by atoms with Gasteiger partial charge in [-0.3, -0.25) is 4.90 Å². The van der Waals surface area contributed by atoms with Gasteiger partial charge in [0.15, 0.2) is 0 Å². The van der Waals surface area contributed by atoms with Crippen molar-refractivity contribution >= 4 is 5.57 Å². The summed E-state index contributed by atoms with van der Waals surface area (Å²) in [6, 6.07) is 16.6. The largest absolute Gasteiger partial charge is 0.497 e. The fourth-order valence-corrected chi connectivity index (χ4v) is 3.01. The van der Waals surface area contributed by atoms with Crippen LogP contribution in [-0.2, 0) is 6.54 Å². The molecule has 0 fully saturated rings. The highest BCUT2D eigenvalue weighted by atomic mass is 16.5. The molecule has 0 aliphatic carbocycles. The Bertz CT molecular complexity index is 679. The van der Waals surface area contributed by atoms with Crippen LogP contribution in [0.4, 0.5) is 0 Å². The molecule has 0 spiro atoms. The zero-order valence-electron chi connectivity index (χ0n) is 13.8. The van der Waals surface area contributed by atoms with Crippen LogP contribution in [0.2, 0.25) is 0 Å². The summed E-state index contributed by atoms with van der Waals surface area (Å²) in [6.45, 7) is 3.02. The Balaban J connectivity index is 1.74. The van der Waals surface area contributed by atoms with Crippen molar-refractivity contribution in [2.24, 2.45) is 0 Å². The molecule has 3 nitrogen and oxygen atoms in total. The highest BCUT2D eigenvalue weighted by molar-refractivity contribution is 5.72. The van der Waals surface area contributed by atoms with E-state index in [0.717, 1.165) is 43.1 Å². The van der Waals surface area contributed by atoms with Gasteiger partial charge in [-0.15, -0.1) is 0 Å². The van der Waals surface area contributed by atoms with Crippen molar-refractivity contribution in [1.29, 1.82) is 0 Å². The van der Waals surface area contributed by atoms with Gasteiger partial charge >= 0.3 is 0 Å². The SMILES string of the molecule is COc1ccc(OC)c(C2=CCN(Cc3ccccc3)CC2)c1. The molecular formula is C20H23NO2. The molecule has 3 heteroatoms. The Hall–Kier alpha value is -2.26. The van der Waals surface area contributed by atoms with Crippen LogP contribution in [0.15, 0.2) is 54.6 Å². The maximum Gasteiger partial charge on any atom is 0.126 e. The van der Waals surface area contributed by atoms with E-state index in [1.54, 1.807) is 14.2 Å². The molecule has 0 atom stereocenters. The zero-order chi connectivity index (χ0) is 16.1. The summed E-state index contributed by atoms with van der Waals surface area (Å²) in [6.07, 6.45) is 3.33. The van der Waals surface area contributed by atoms with Crippen molar-refractivity contribution in [2.45, 2.75) is 13.0 Å². The Kier molecular flexibility index (Phi) is 4.99. The van der Waals surface area contributed by atoms with E-state index in [1.165, 1.54) is 11.1 Å². The third-order valence-electron chi connectivity index (χ3n) is 4.29. The van der Waals surface area contributed by atoms with Gasteiger partial charge in [-0.1, -0.05) is 36.4 Å². The quantitative estimate of drug-likeness (QED) is 0.833. The van der Waals surface area contributed by atoms with Crippen LogP contribution in [0.5, 0.6) is 11.5 Å².